The lowest BCUT2D eigenvalue weighted by molar-refractivity contribution is 0.0600. The molecule has 0 N–H and O–H groups in total. The van der Waals surface area contributed by atoms with Gasteiger partial charge in [-0.05, 0) is 94.0 Å². The molecule has 0 unspecified atom stereocenters. The van der Waals surface area contributed by atoms with Gasteiger partial charge in [-0.3, -0.25) is 0 Å². The Morgan fingerprint density at radius 3 is 2.30 bits per heavy atom. The summed E-state index contributed by atoms with van der Waals surface area (Å²) in [6, 6.07) is 17.3. The summed E-state index contributed by atoms with van der Waals surface area (Å²) in [7, 11) is 1.43. The average molecular weight is 510 g/mol. The van der Waals surface area contributed by atoms with E-state index in [2.05, 4.69) is 80.2 Å². The zero-order valence-electron chi connectivity index (χ0n) is 22.5. The fourth-order valence-electron chi connectivity index (χ4n) is 6.36. The van der Waals surface area contributed by atoms with E-state index in [1.165, 1.54) is 58.3 Å². The van der Waals surface area contributed by atoms with Gasteiger partial charge in [-0.15, -0.1) is 11.3 Å². The quantitative estimate of drug-likeness (QED) is 0.260. The lowest BCUT2D eigenvalue weighted by Crippen LogP contribution is -2.34. The molecule has 2 aliphatic rings. The van der Waals surface area contributed by atoms with Gasteiger partial charge in [0.1, 0.15) is 0 Å². The van der Waals surface area contributed by atoms with E-state index in [0.29, 0.717) is 5.56 Å². The van der Waals surface area contributed by atoms with Gasteiger partial charge < -0.3 is 9.30 Å². The van der Waals surface area contributed by atoms with Crippen LogP contribution >= 0.6 is 11.3 Å². The van der Waals surface area contributed by atoms with Crippen LogP contribution in [0.3, 0.4) is 0 Å². The van der Waals surface area contributed by atoms with Crippen molar-refractivity contribution < 1.29 is 9.53 Å². The highest BCUT2D eigenvalue weighted by molar-refractivity contribution is 7.09. The number of hydrogen-bond donors (Lipinski definition) is 0. The molecule has 0 spiro atoms. The van der Waals surface area contributed by atoms with E-state index in [4.69, 9.17) is 4.74 Å². The van der Waals surface area contributed by atoms with Crippen LogP contribution in [0.2, 0.25) is 0 Å². The zero-order valence-corrected chi connectivity index (χ0v) is 23.3. The first kappa shape index (κ1) is 24.2. The Morgan fingerprint density at radius 1 is 0.946 bits per heavy atom. The average Bonchev–Trinajstić information content (AvgIpc) is 3.54. The largest absolute Gasteiger partial charge is 0.465 e. The van der Waals surface area contributed by atoms with Gasteiger partial charge in [0.2, 0.25) is 0 Å². The Kier molecular flexibility index (Phi) is 5.72. The molecule has 4 heteroatoms. The third kappa shape index (κ3) is 4.06. The maximum absolute atomic E-state index is 12.0. The molecule has 0 bridgehead atoms. The van der Waals surface area contributed by atoms with Gasteiger partial charge in [0.15, 0.2) is 0 Å². The molecule has 0 amide bonds. The van der Waals surface area contributed by atoms with Crippen LogP contribution in [0.5, 0.6) is 0 Å². The van der Waals surface area contributed by atoms with Crippen LogP contribution in [0, 0.1) is 0 Å². The second kappa shape index (κ2) is 8.73. The third-order valence-electron chi connectivity index (χ3n) is 8.68. The number of nitrogens with zero attached hydrogens (tertiary/aromatic N) is 1. The van der Waals surface area contributed by atoms with E-state index in [1.54, 1.807) is 5.56 Å². The van der Waals surface area contributed by atoms with Crippen molar-refractivity contribution in [3.05, 3.63) is 92.8 Å². The summed E-state index contributed by atoms with van der Waals surface area (Å²) in [5.41, 5.74) is 12.1. The molecule has 37 heavy (non-hydrogen) atoms. The number of fused-ring (bicyclic) bond motifs is 4. The summed E-state index contributed by atoms with van der Waals surface area (Å²) in [4.78, 5) is 13.4. The SMILES string of the molecule is COC(=O)c1ccc(-c2cn(Cc3cccs3)c3c2CCc2cc4c(cc2-3)C(C)(C)CCC4(C)C)cc1. The van der Waals surface area contributed by atoms with Gasteiger partial charge in [-0.25, -0.2) is 4.79 Å². The maximum atomic E-state index is 12.0. The second-order valence-electron chi connectivity index (χ2n) is 12.0. The Bertz CT molecular complexity index is 1490. The van der Waals surface area contributed by atoms with Crippen molar-refractivity contribution in [1.29, 1.82) is 0 Å². The number of hydrogen-bond acceptors (Lipinski definition) is 3. The highest BCUT2D eigenvalue weighted by Crippen LogP contribution is 2.50. The fraction of sp³-hybridized carbons (Fsp3) is 0.364. The Balaban J connectivity index is 1.54. The van der Waals surface area contributed by atoms with Crippen LogP contribution < -0.4 is 0 Å². The van der Waals surface area contributed by atoms with Crippen molar-refractivity contribution in [2.24, 2.45) is 0 Å². The third-order valence-corrected chi connectivity index (χ3v) is 9.54. The molecule has 0 aliphatic heterocycles. The molecule has 0 fully saturated rings. The summed E-state index contributed by atoms with van der Waals surface area (Å²) >= 11 is 1.81. The van der Waals surface area contributed by atoms with E-state index in [1.807, 2.05) is 23.5 Å². The Hall–Kier alpha value is -3.11. The molecule has 2 aromatic heterocycles. The van der Waals surface area contributed by atoms with Crippen LogP contribution in [-0.4, -0.2) is 17.6 Å². The molecule has 2 aromatic carbocycles. The first-order valence-electron chi connectivity index (χ1n) is 13.3. The number of rotatable bonds is 4. The van der Waals surface area contributed by atoms with Gasteiger partial charge in [-0.2, -0.15) is 0 Å². The minimum atomic E-state index is -0.298. The van der Waals surface area contributed by atoms with E-state index >= 15 is 0 Å². The molecule has 4 aromatic rings. The molecule has 2 heterocycles. The normalized spacial score (nSPS) is 17.0. The summed E-state index contributed by atoms with van der Waals surface area (Å²) in [6.45, 7) is 10.5. The van der Waals surface area contributed by atoms with Gasteiger partial charge in [0, 0.05) is 22.2 Å². The van der Waals surface area contributed by atoms with Crippen LogP contribution in [0.1, 0.15) is 78.0 Å². The molecule has 0 radical (unpaired) electrons. The van der Waals surface area contributed by atoms with Gasteiger partial charge in [0.25, 0.3) is 0 Å². The standard InChI is InChI=1S/C33H35NO2S/c1-32(2)14-15-33(3,4)29-18-26-23(17-28(29)32)12-13-25-27(21-8-10-22(11-9-21)31(35)36-5)20-34(30(25)26)19-24-7-6-16-37-24/h6-11,16-18,20H,12-15,19H2,1-5H3. The van der Waals surface area contributed by atoms with Crippen molar-refractivity contribution in [3.8, 4) is 22.4 Å². The second-order valence-corrected chi connectivity index (χ2v) is 13.0. The molecule has 0 saturated carbocycles. The number of aromatic nitrogens is 1. The number of aryl methyl sites for hydroxylation is 1. The Labute approximate surface area is 224 Å². The fourth-order valence-corrected chi connectivity index (χ4v) is 7.07. The predicted molar refractivity (Wildman–Crippen MR) is 153 cm³/mol. The van der Waals surface area contributed by atoms with Crippen LogP contribution in [0.4, 0.5) is 0 Å². The first-order chi connectivity index (χ1) is 17.7. The van der Waals surface area contributed by atoms with Crippen LogP contribution in [0.25, 0.3) is 22.4 Å². The molecule has 0 saturated heterocycles. The number of benzene rings is 2. The molecular weight excluding hydrogens is 474 g/mol. The van der Waals surface area contributed by atoms with E-state index in [-0.39, 0.29) is 16.8 Å². The van der Waals surface area contributed by atoms with E-state index in [0.717, 1.165) is 24.9 Å². The number of carbonyl (C=O) groups excluding carboxylic acids is 1. The number of methoxy groups -OCH3 is 1. The van der Waals surface area contributed by atoms with Crippen LogP contribution in [0.15, 0.2) is 60.1 Å². The lowest BCUT2D eigenvalue weighted by atomic mass is 9.62. The number of thiophene rings is 1. The van der Waals surface area contributed by atoms with Crippen molar-refractivity contribution in [3.63, 3.8) is 0 Å². The smallest absolute Gasteiger partial charge is 0.337 e. The van der Waals surface area contributed by atoms with E-state index in [9.17, 15) is 4.79 Å². The summed E-state index contributed by atoms with van der Waals surface area (Å²) in [5, 5.41) is 2.16. The van der Waals surface area contributed by atoms with Crippen molar-refractivity contribution in [2.45, 2.75) is 70.8 Å². The maximum Gasteiger partial charge on any atom is 0.337 e. The number of esters is 1. The minimum absolute atomic E-state index is 0.176. The molecule has 2 aliphatic carbocycles. The number of carbonyl (C=O) groups is 1. The molecule has 0 atom stereocenters. The first-order valence-corrected chi connectivity index (χ1v) is 14.2. The summed E-state index contributed by atoms with van der Waals surface area (Å²) < 4.78 is 7.38. The number of ether oxygens (including phenoxy) is 1. The lowest BCUT2D eigenvalue weighted by Gasteiger charge is -2.43. The monoisotopic (exact) mass is 509 g/mol. The highest BCUT2D eigenvalue weighted by atomic mass is 32.1. The minimum Gasteiger partial charge on any atom is -0.465 e. The molecule has 190 valence electrons. The van der Waals surface area contributed by atoms with Crippen LogP contribution in [-0.2, 0) is 35.0 Å². The molecular formula is C33H35NO2S. The summed E-state index contributed by atoms with van der Waals surface area (Å²) in [5.74, 6) is -0.298. The predicted octanol–water partition coefficient (Wildman–Crippen LogP) is 8.17. The Morgan fingerprint density at radius 2 is 1.65 bits per heavy atom. The molecule has 6 rings (SSSR count). The van der Waals surface area contributed by atoms with E-state index < -0.39 is 0 Å². The van der Waals surface area contributed by atoms with Crippen molar-refractivity contribution >= 4 is 17.3 Å². The van der Waals surface area contributed by atoms with Crippen molar-refractivity contribution in [2.75, 3.05) is 7.11 Å². The molecule has 3 nitrogen and oxygen atoms in total. The van der Waals surface area contributed by atoms with Crippen molar-refractivity contribution in [1.82, 2.24) is 4.57 Å². The van der Waals surface area contributed by atoms with Gasteiger partial charge in [-0.1, -0.05) is 52.0 Å². The topological polar surface area (TPSA) is 31.2 Å². The zero-order chi connectivity index (χ0) is 25.9. The summed E-state index contributed by atoms with van der Waals surface area (Å²) in [6.07, 6.45) is 6.87. The van der Waals surface area contributed by atoms with Gasteiger partial charge in [0.05, 0.1) is 24.9 Å². The van der Waals surface area contributed by atoms with Gasteiger partial charge >= 0.3 is 5.97 Å². The highest BCUT2D eigenvalue weighted by Gasteiger charge is 2.39.